The number of benzene rings is 2. The fourth-order valence-corrected chi connectivity index (χ4v) is 3.22. The molecule has 0 aliphatic heterocycles. The van der Waals surface area contributed by atoms with Crippen molar-refractivity contribution >= 4 is 11.9 Å². The van der Waals surface area contributed by atoms with E-state index >= 15 is 0 Å². The molecule has 0 amide bonds. The molecule has 2 heterocycles. The van der Waals surface area contributed by atoms with Crippen molar-refractivity contribution in [3.63, 3.8) is 0 Å². The lowest BCUT2D eigenvalue weighted by molar-refractivity contribution is 0.104. The molecule has 0 N–H and O–H groups in total. The maximum absolute atomic E-state index is 14.4. The van der Waals surface area contributed by atoms with Crippen LogP contribution in [-0.2, 0) is 0 Å². The van der Waals surface area contributed by atoms with Crippen LogP contribution in [-0.4, -0.2) is 30.3 Å². The van der Waals surface area contributed by atoms with Gasteiger partial charge in [-0.25, -0.2) is 18.7 Å². The Morgan fingerprint density at radius 2 is 1.90 bits per heavy atom. The van der Waals surface area contributed by atoms with Gasteiger partial charge in [-0.1, -0.05) is 30.3 Å². The van der Waals surface area contributed by atoms with Gasteiger partial charge in [0, 0.05) is 0 Å². The minimum atomic E-state index is -0.450. The van der Waals surface area contributed by atoms with E-state index in [0.29, 0.717) is 22.5 Å². The number of allylic oxidation sites excluding steroid dienone is 1. The average molecular weight is 387 g/mol. The van der Waals surface area contributed by atoms with Crippen molar-refractivity contribution in [2.75, 3.05) is 0 Å². The monoisotopic (exact) mass is 387 g/mol. The number of para-hydroxylation sites is 1. The predicted octanol–water partition coefficient (Wildman–Crippen LogP) is 4.11. The molecule has 4 rings (SSSR count). The third-order valence-corrected chi connectivity index (χ3v) is 4.60. The van der Waals surface area contributed by atoms with Crippen LogP contribution in [0.2, 0.25) is 0 Å². The molecule has 2 aromatic heterocycles. The largest absolute Gasteiger partial charge is 0.289 e. The molecule has 0 spiro atoms. The Labute approximate surface area is 166 Å². The summed E-state index contributed by atoms with van der Waals surface area (Å²) in [5.74, 6) is -0.628. The second-order valence-corrected chi connectivity index (χ2v) is 6.54. The van der Waals surface area contributed by atoms with Crippen LogP contribution >= 0.6 is 0 Å². The number of hydrogen-bond donors (Lipinski definition) is 0. The third kappa shape index (κ3) is 3.62. The number of nitrogens with zero attached hydrogens (tertiary/aromatic N) is 5. The fraction of sp³-hybridized carbons (Fsp3) is 0.0909. The smallest absolute Gasteiger partial charge is 0.189 e. The summed E-state index contributed by atoms with van der Waals surface area (Å²) < 4.78 is 17.5. The fourth-order valence-electron chi connectivity index (χ4n) is 3.22. The molecule has 144 valence electrons. The van der Waals surface area contributed by atoms with Gasteiger partial charge in [0.1, 0.15) is 24.2 Å². The zero-order chi connectivity index (χ0) is 20.4. The molecule has 29 heavy (non-hydrogen) atoms. The summed E-state index contributed by atoms with van der Waals surface area (Å²) in [6.45, 7) is 3.67. The number of carbonyl (C=O) groups excluding carboxylic acids is 1. The highest BCUT2D eigenvalue weighted by Gasteiger charge is 2.17. The molecule has 0 radical (unpaired) electrons. The van der Waals surface area contributed by atoms with Crippen molar-refractivity contribution in [1.82, 2.24) is 24.5 Å². The Balaban J connectivity index is 1.59. The summed E-state index contributed by atoms with van der Waals surface area (Å²) in [5.41, 5.74) is 3.71. The first kappa shape index (κ1) is 18.5. The Bertz CT molecular complexity index is 1190. The van der Waals surface area contributed by atoms with Crippen molar-refractivity contribution in [2.24, 2.45) is 0 Å². The lowest BCUT2D eigenvalue weighted by Crippen LogP contribution is -2.01. The SMILES string of the molecule is Cc1nn(-c2ccccc2)c(C)c1C(=O)/C=C\c1ccc(-n2cncn2)c(F)c1. The molecule has 6 nitrogen and oxygen atoms in total. The Morgan fingerprint density at radius 3 is 2.59 bits per heavy atom. The third-order valence-electron chi connectivity index (χ3n) is 4.60. The van der Waals surface area contributed by atoms with Crippen LogP contribution in [0.1, 0.15) is 27.3 Å². The molecule has 0 unspecified atom stereocenters. The first-order chi connectivity index (χ1) is 14.0. The lowest BCUT2D eigenvalue weighted by Gasteiger charge is -2.04. The van der Waals surface area contributed by atoms with Crippen LogP contribution in [0.25, 0.3) is 17.5 Å². The van der Waals surface area contributed by atoms with Crippen LogP contribution in [0.4, 0.5) is 4.39 Å². The van der Waals surface area contributed by atoms with Gasteiger partial charge in [-0.3, -0.25) is 4.79 Å². The lowest BCUT2D eigenvalue weighted by atomic mass is 10.1. The van der Waals surface area contributed by atoms with E-state index in [0.717, 1.165) is 11.4 Å². The van der Waals surface area contributed by atoms with Gasteiger partial charge in [0.15, 0.2) is 5.78 Å². The van der Waals surface area contributed by atoms with E-state index in [2.05, 4.69) is 15.2 Å². The van der Waals surface area contributed by atoms with Crippen LogP contribution in [0, 0.1) is 19.7 Å². The topological polar surface area (TPSA) is 65.6 Å². The molecule has 0 aliphatic carbocycles. The van der Waals surface area contributed by atoms with E-state index in [-0.39, 0.29) is 5.78 Å². The normalized spacial score (nSPS) is 11.3. The van der Waals surface area contributed by atoms with Crippen molar-refractivity contribution in [3.05, 3.63) is 95.6 Å². The van der Waals surface area contributed by atoms with Crippen molar-refractivity contribution in [3.8, 4) is 11.4 Å². The molecule has 0 fully saturated rings. The number of aromatic nitrogens is 5. The van der Waals surface area contributed by atoms with Crippen molar-refractivity contribution in [1.29, 1.82) is 0 Å². The Hall–Kier alpha value is -3.87. The van der Waals surface area contributed by atoms with Gasteiger partial charge < -0.3 is 0 Å². The quantitative estimate of drug-likeness (QED) is 0.382. The second kappa shape index (κ2) is 7.63. The summed E-state index contributed by atoms with van der Waals surface area (Å²) in [4.78, 5) is 16.6. The van der Waals surface area contributed by atoms with Crippen molar-refractivity contribution < 1.29 is 9.18 Å². The second-order valence-electron chi connectivity index (χ2n) is 6.54. The van der Waals surface area contributed by atoms with Crippen LogP contribution in [0.5, 0.6) is 0 Å². The van der Waals surface area contributed by atoms with Gasteiger partial charge in [0.2, 0.25) is 0 Å². The first-order valence-electron chi connectivity index (χ1n) is 9.03. The summed E-state index contributed by atoms with van der Waals surface area (Å²) in [6.07, 6.45) is 5.80. The van der Waals surface area contributed by atoms with Gasteiger partial charge in [-0.15, -0.1) is 0 Å². The molecule has 0 atom stereocenters. The molecule has 2 aromatic carbocycles. The summed E-state index contributed by atoms with van der Waals surface area (Å²) >= 11 is 0. The van der Waals surface area contributed by atoms with Crippen LogP contribution in [0.15, 0.2) is 67.3 Å². The van der Waals surface area contributed by atoms with Gasteiger partial charge in [-0.2, -0.15) is 10.2 Å². The molecule has 0 aliphatic rings. The predicted molar refractivity (Wildman–Crippen MR) is 108 cm³/mol. The van der Waals surface area contributed by atoms with Gasteiger partial charge >= 0.3 is 0 Å². The zero-order valence-corrected chi connectivity index (χ0v) is 16.0. The Kier molecular flexibility index (Phi) is 4.87. The average Bonchev–Trinajstić information content (AvgIpc) is 3.35. The summed E-state index contributed by atoms with van der Waals surface area (Å²) in [6, 6.07) is 14.3. The highest BCUT2D eigenvalue weighted by molar-refractivity contribution is 6.08. The highest BCUT2D eigenvalue weighted by Crippen LogP contribution is 2.20. The number of hydrogen-bond acceptors (Lipinski definition) is 4. The van der Waals surface area contributed by atoms with E-state index in [4.69, 9.17) is 0 Å². The van der Waals surface area contributed by atoms with E-state index < -0.39 is 5.82 Å². The van der Waals surface area contributed by atoms with Gasteiger partial charge in [0.25, 0.3) is 0 Å². The zero-order valence-electron chi connectivity index (χ0n) is 16.0. The van der Waals surface area contributed by atoms with E-state index in [1.54, 1.807) is 29.8 Å². The number of halogens is 1. The molecule has 0 saturated heterocycles. The first-order valence-corrected chi connectivity index (χ1v) is 9.03. The standard InChI is InChI=1S/C22H18FN5O/c1-15-22(16(2)28(26-15)18-6-4-3-5-7-18)21(29)11-9-17-8-10-20(19(23)12-17)27-14-24-13-25-27/h3-14H,1-2H3/b11-9-. The summed E-state index contributed by atoms with van der Waals surface area (Å²) in [7, 11) is 0. The van der Waals surface area contributed by atoms with Crippen LogP contribution < -0.4 is 0 Å². The number of aryl methyl sites for hydroxylation is 1. The Morgan fingerprint density at radius 1 is 1.10 bits per heavy atom. The van der Waals surface area contributed by atoms with Crippen LogP contribution in [0.3, 0.4) is 0 Å². The van der Waals surface area contributed by atoms with Gasteiger partial charge in [0.05, 0.1) is 22.6 Å². The maximum Gasteiger partial charge on any atom is 0.189 e. The highest BCUT2D eigenvalue weighted by atomic mass is 19.1. The maximum atomic E-state index is 14.4. The van der Waals surface area contributed by atoms with Gasteiger partial charge in [-0.05, 0) is 49.8 Å². The molecular formula is C22H18FN5O. The number of ketones is 1. The molecule has 0 saturated carbocycles. The minimum Gasteiger partial charge on any atom is -0.289 e. The number of rotatable bonds is 5. The molecule has 4 aromatic rings. The molecule has 7 heteroatoms. The summed E-state index contributed by atoms with van der Waals surface area (Å²) in [5, 5.41) is 8.42. The molecule has 0 bridgehead atoms. The number of carbonyl (C=O) groups is 1. The van der Waals surface area contributed by atoms with E-state index in [9.17, 15) is 9.18 Å². The van der Waals surface area contributed by atoms with E-state index in [1.165, 1.54) is 29.5 Å². The van der Waals surface area contributed by atoms with E-state index in [1.807, 2.05) is 37.3 Å². The van der Waals surface area contributed by atoms with Crippen molar-refractivity contribution in [2.45, 2.75) is 13.8 Å². The molecular weight excluding hydrogens is 369 g/mol. The minimum absolute atomic E-state index is 0.178.